The molecule has 2 aromatic rings. The minimum Gasteiger partial charge on any atom is -0.361 e. The molecule has 1 aliphatic rings. The van der Waals surface area contributed by atoms with Gasteiger partial charge in [-0.2, -0.15) is 0 Å². The molecule has 1 fully saturated rings. The van der Waals surface area contributed by atoms with Gasteiger partial charge >= 0.3 is 0 Å². The molecule has 1 aliphatic heterocycles. The quantitative estimate of drug-likeness (QED) is 0.547. The van der Waals surface area contributed by atoms with Crippen molar-refractivity contribution in [2.24, 2.45) is 0 Å². The first kappa shape index (κ1) is 18.8. The molecule has 0 radical (unpaired) electrons. The number of piperazine rings is 1. The third kappa shape index (κ3) is 3.72. The zero-order valence-electron chi connectivity index (χ0n) is 13.5. The molecule has 26 heavy (non-hydrogen) atoms. The highest BCUT2D eigenvalue weighted by Crippen LogP contribution is 2.36. The smallest absolute Gasteiger partial charge is 0.294 e. The molecular weight excluding hydrogens is 401 g/mol. The van der Waals surface area contributed by atoms with Crippen LogP contribution in [0.5, 0.6) is 0 Å². The van der Waals surface area contributed by atoms with Crippen LogP contribution < -0.4 is 4.90 Å². The SMILES string of the molecule is O=C(c1ccc(Cl)cc1Cl)N1CCN(c2c(Cl)cccc2[N+](=O)[O-])CC1. The van der Waals surface area contributed by atoms with Gasteiger partial charge in [0.1, 0.15) is 5.69 Å². The molecule has 0 atom stereocenters. The molecule has 9 heteroatoms. The normalized spacial score (nSPS) is 14.4. The van der Waals surface area contributed by atoms with Crippen LogP contribution in [0, 0.1) is 10.1 Å². The summed E-state index contributed by atoms with van der Waals surface area (Å²) in [5.74, 6) is -0.194. The summed E-state index contributed by atoms with van der Waals surface area (Å²) in [5, 5.41) is 12.3. The minimum absolute atomic E-state index is 0.0435. The van der Waals surface area contributed by atoms with Crippen molar-refractivity contribution in [1.29, 1.82) is 0 Å². The molecule has 136 valence electrons. The Labute approximate surface area is 165 Å². The molecule has 0 aliphatic carbocycles. The standard InChI is InChI=1S/C17H14Cl3N3O3/c18-11-4-5-12(14(20)10-11)17(24)22-8-6-21(7-9-22)16-13(19)2-1-3-15(16)23(25)26/h1-5,10H,6-9H2. The lowest BCUT2D eigenvalue weighted by Gasteiger charge is -2.36. The number of hydrogen-bond donors (Lipinski definition) is 0. The van der Waals surface area contributed by atoms with Crippen molar-refractivity contribution >= 4 is 52.1 Å². The van der Waals surface area contributed by atoms with Crippen LogP contribution in [0.25, 0.3) is 0 Å². The van der Waals surface area contributed by atoms with Crippen LogP contribution >= 0.6 is 34.8 Å². The van der Waals surface area contributed by atoms with Gasteiger partial charge in [0.05, 0.1) is 20.5 Å². The van der Waals surface area contributed by atoms with E-state index in [0.29, 0.717) is 52.5 Å². The number of hydrogen-bond acceptors (Lipinski definition) is 4. The maximum absolute atomic E-state index is 12.7. The fourth-order valence-electron chi connectivity index (χ4n) is 2.93. The number of amides is 1. The molecule has 0 spiro atoms. The molecule has 6 nitrogen and oxygen atoms in total. The van der Waals surface area contributed by atoms with Gasteiger partial charge in [0.15, 0.2) is 0 Å². The average Bonchev–Trinajstić information content (AvgIpc) is 2.61. The first-order valence-electron chi connectivity index (χ1n) is 7.80. The third-order valence-electron chi connectivity index (χ3n) is 4.21. The maximum Gasteiger partial charge on any atom is 0.294 e. The van der Waals surface area contributed by atoms with Crippen molar-refractivity contribution in [3.63, 3.8) is 0 Å². The molecule has 3 rings (SSSR count). The van der Waals surface area contributed by atoms with Crippen LogP contribution in [0.15, 0.2) is 36.4 Å². The van der Waals surface area contributed by atoms with Crippen molar-refractivity contribution < 1.29 is 9.72 Å². The molecule has 0 N–H and O–H groups in total. The Bertz CT molecular complexity index is 868. The average molecular weight is 415 g/mol. The summed E-state index contributed by atoms with van der Waals surface area (Å²) in [6, 6.07) is 9.33. The van der Waals surface area contributed by atoms with Crippen LogP contribution in [-0.4, -0.2) is 41.9 Å². The summed E-state index contributed by atoms with van der Waals surface area (Å²) in [6.45, 7) is 1.67. The Morgan fingerprint density at radius 3 is 2.31 bits per heavy atom. The molecule has 0 aromatic heterocycles. The number of para-hydroxylation sites is 1. The van der Waals surface area contributed by atoms with Gasteiger partial charge in [-0.25, -0.2) is 0 Å². The van der Waals surface area contributed by atoms with Gasteiger partial charge in [-0.3, -0.25) is 14.9 Å². The number of nitro benzene ring substituents is 1. The van der Waals surface area contributed by atoms with Crippen molar-refractivity contribution in [3.8, 4) is 0 Å². The molecule has 1 saturated heterocycles. The number of carbonyl (C=O) groups excluding carboxylic acids is 1. The van der Waals surface area contributed by atoms with E-state index in [9.17, 15) is 14.9 Å². The monoisotopic (exact) mass is 413 g/mol. The second kappa shape index (κ2) is 7.70. The number of anilines is 1. The lowest BCUT2D eigenvalue weighted by molar-refractivity contribution is -0.384. The predicted octanol–water partition coefficient (Wildman–Crippen LogP) is 4.52. The summed E-state index contributed by atoms with van der Waals surface area (Å²) >= 11 is 18.2. The topological polar surface area (TPSA) is 66.7 Å². The van der Waals surface area contributed by atoms with E-state index in [2.05, 4.69) is 0 Å². The molecule has 0 saturated carbocycles. The molecular formula is C17H14Cl3N3O3. The summed E-state index contributed by atoms with van der Waals surface area (Å²) in [4.78, 5) is 27.0. The van der Waals surface area contributed by atoms with E-state index in [4.69, 9.17) is 34.8 Å². The van der Waals surface area contributed by atoms with Gasteiger partial charge in [-0.15, -0.1) is 0 Å². The highest BCUT2D eigenvalue weighted by Gasteiger charge is 2.28. The van der Waals surface area contributed by atoms with Crippen LogP contribution in [-0.2, 0) is 0 Å². The van der Waals surface area contributed by atoms with Gasteiger partial charge < -0.3 is 9.80 Å². The molecule has 1 heterocycles. The van der Waals surface area contributed by atoms with Crippen LogP contribution in [0.2, 0.25) is 15.1 Å². The van der Waals surface area contributed by atoms with E-state index in [0.717, 1.165) is 0 Å². The van der Waals surface area contributed by atoms with Crippen LogP contribution in [0.1, 0.15) is 10.4 Å². The Morgan fingerprint density at radius 2 is 1.69 bits per heavy atom. The first-order chi connectivity index (χ1) is 12.4. The lowest BCUT2D eigenvalue weighted by atomic mass is 10.1. The van der Waals surface area contributed by atoms with E-state index in [1.807, 2.05) is 4.90 Å². The number of rotatable bonds is 3. The molecule has 1 amide bonds. The van der Waals surface area contributed by atoms with Gasteiger partial charge in [0, 0.05) is 37.3 Å². The first-order valence-corrected chi connectivity index (χ1v) is 8.94. The number of carbonyl (C=O) groups is 1. The van der Waals surface area contributed by atoms with Gasteiger partial charge in [0.25, 0.3) is 11.6 Å². The largest absolute Gasteiger partial charge is 0.361 e. The van der Waals surface area contributed by atoms with Crippen molar-refractivity contribution in [2.75, 3.05) is 31.1 Å². The number of nitro groups is 1. The molecule has 0 unspecified atom stereocenters. The zero-order valence-corrected chi connectivity index (χ0v) is 15.8. The van der Waals surface area contributed by atoms with E-state index >= 15 is 0 Å². The van der Waals surface area contributed by atoms with Gasteiger partial charge in [-0.1, -0.05) is 40.9 Å². The lowest BCUT2D eigenvalue weighted by Crippen LogP contribution is -2.49. The van der Waals surface area contributed by atoms with Crippen LogP contribution in [0.3, 0.4) is 0 Å². The Morgan fingerprint density at radius 1 is 1.00 bits per heavy atom. The third-order valence-corrected chi connectivity index (χ3v) is 5.06. The Kier molecular flexibility index (Phi) is 5.55. The van der Waals surface area contributed by atoms with Crippen LogP contribution in [0.4, 0.5) is 11.4 Å². The summed E-state index contributed by atoms with van der Waals surface area (Å²) in [7, 11) is 0. The fourth-order valence-corrected chi connectivity index (χ4v) is 3.71. The molecule has 2 aromatic carbocycles. The fraction of sp³-hybridized carbons (Fsp3) is 0.235. The Hall–Kier alpha value is -2.02. The summed E-state index contributed by atoms with van der Waals surface area (Å²) in [6.07, 6.45) is 0. The van der Waals surface area contributed by atoms with Crippen molar-refractivity contribution in [3.05, 3.63) is 67.1 Å². The van der Waals surface area contributed by atoms with E-state index < -0.39 is 4.92 Å². The number of halogens is 3. The second-order valence-electron chi connectivity index (χ2n) is 5.77. The minimum atomic E-state index is -0.452. The highest BCUT2D eigenvalue weighted by atomic mass is 35.5. The zero-order chi connectivity index (χ0) is 18.8. The maximum atomic E-state index is 12.7. The Balaban J connectivity index is 1.76. The van der Waals surface area contributed by atoms with Gasteiger partial charge in [-0.05, 0) is 24.3 Å². The van der Waals surface area contributed by atoms with E-state index in [1.54, 1.807) is 29.2 Å². The molecule has 0 bridgehead atoms. The second-order valence-corrected chi connectivity index (χ2v) is 7.02. The number of benzene rings is 2. The predicted molar refractivity (Wildman–Crippen MR) is 103 cm³/mol. The van der Waals surface area contributed by atoms with E-state index in [-0.39, 0.29) is 11.6 Å². The van der Waals surface area contributed by atoms with E-state index in [1.165, 1.54) is 12.1 Å². The summed E-state index contributed by atoms with van der Waals surface area (Å²) < 4.78 is 0. The highest BCUT2D eigenvalue weighted by molar-refractivity contribution is 6.36. The number of nitrogens with zero attached hydrogens (tertiary/aromatic N) is 3. The van der Waals surface area contributed by atoms with Crippen molar-refractivity contribution in [2.45, 2.75) is 0 Å². The van der Waals surface area contributed by atoms with Gasteiger partial charge in [0.2, 0.25) is 0 Å². The van der Waals surface area contributed by atoms with Crippen molar-refractivity contribution in [1.82, 2.24) is 4.90 Å². The summed E-state index contributed by atoms with van der Waals surface area (Å²) in [5.41, 5.74) is 0.724.